The maximum Gasteiger partial charge on any atom is 0.231 e. The number of hydrogen-bond donors (Lipinski definition) is 0. The maximum absolute atomic E-state index is 12.3. The molecule has 4 rings (SSSR count). The van der Waals surface area contributed by atoms with Gasteiger partial charge in [-0.15, -0.1) is 6.58 Å². The number of ketones is 1. The van der Waals surface area contributed by atoms with Crippen LogP contribution in [0.2, 0.25) is 0 Å². The lowest BCUT2D eigenvalue weighted by Crippen LogP contribution is -2.39. The summed E-state index contributed by atoms with van der Waals surface area (Å²) >= 11 is 0. The highest BCUT2D eigenvalue weighted by Crippen LogP contribution is 2.59. The van der Waals surface area contributed by atoms with E-state index in [2.05, 4.69) is 13.5 Å². The van der Waals surface area contributed by atoms with Crippen LogP contribution in [0.25, 0.3) is 0 Å². The van der Waals surface area contributed by atoms with E-state index in [4.69, 9.17) is 18.9 Å². The molecule has 0 N–H and O–H groups in total. The zero-order chi connectivity index (χ0) is 17.6. The van der Waals surface area contributed by atoms with Gasteiger partial charge in [-0.25, -0.2) is 0 Å². The molecule has 2 aliphatic heterocycles. The first-order valence-electron chi connectivity index (χ1n) is 8.55. The van der Waals surface area contributed by atoms with Gasteiger partial charge in [0.25, 0.3) is 0 Å². The van der Waals surface area contributed by atoms with Crippen LogP contribution in [0.15, 0.2) is 42.7 Å². The average molecular weight is 342 g/mol. The summed E-state index contributed by atoms with van der Waals surface area (Å²) in [6.07, 6.45) is 4.30. The van der Waals surface area contributed by atoms with Gasteiger partial charge in [-0.1, -0.05) is 19.1 Å². The fourth-order valence-electron chi connectivity index (χ4n) is 4.26. The highest BCUT2D eigenvalue weighted by molar-refractivity contribution is 5.95. The number of rotatable bonds is 4. The van der Waals surface area contributed by atoms with Gasteiger partial charge in [0.05, 0.1) is 0 Å². The van der Waals surface area contributed by atoms with Crippen LogP contribution >= 0.6 is 0 Å². The number of carbonyl (C=O) groups is 1. The van der Waals surface area contributed by atoms with Crippen LogP contribution in [0.1, 0.15) is 31.4 Å². The van der Waals surface area contributed by atoms with E-state index in [-0.39, 0.29) is 30.0 Å². The molecule has 25 heavy (non-hydrogen) atoms. The molecule has 132 valence electrons. The quantitative estimate of drug-likeness (QED) is 0.783. The Kier molecular flexibility index (Phi) is 3.84. The minimum Gasteiger partial charge on any atom is -0.489 e. The summed E-state index contributed by atoms with van der Waals surface area (Å²) in [4.78, 5) is 12.3. The summed E-state index contributed by atoms with van der Waals surface area (Å²) in [7, 11) is 1.58. The SMILES string of the molecule is C=CC[C@@]12C[C@H](OC)C(=O)C=C1O[C@@H](c1ccc3c(c1)OCO3)[C@@H]2C. The third-order valence-corrected chi connectivity index (χ3v) is 5.73. The minimum absolute atomic E-state index is 0.0317. The molecule has 0 aromatic heterocycles. The monoisotopic (exact) mass is 342 g/mol. The van der Waals surface area contributed by atoms with Crippen molar-refractivity contribution in [1.29, 1.82) is 0 Å². The third-order valence-electron chi connectivity index (χ3n) is 5.73. The highest BCUT2D eigenvalue weighted by atomic mass is 16.7. The van der Waals surface area contributed by atoms with Crippen LogP contribution in [-0.4, -0.2) is 25.8 Å². The second kappa shape index (κ2) is 5.92. The molecule has 1 fully saturated rings. The molecule has 5 nitrogen and oxygen atoms in total. The number of fused-ring (bicyclic) bond motifs is 2. The average Bonchev–Trinajstić information content (AvgIpc) is 3.18. The normalized spacial score (nSPS) is 32.8. The van der Waals surface area contributed by atoms with Gasteiger partial charge in [0, 0.05) is 24.5 Å². The molecule has 0 unspecified atom stereocenters. The van der Waals surface area contributed by atoms with E-state index in [1.807, 2.05) is 24.3 Å². The molecule has 1 saturated heterocycles. The van der Waals surface area contributed by atoms with Gasteiger partial charge in [0.1, 0.15) is 18.0 Å². The zero-order valence-corrected chi connectivity index (χ0v) is 14.5. The summed E-state index contributed by atoms with van der Waals surface area (Å²) in [5, 5.41) is 0. The Morgan fingerprint density at radius 1 is 1.36 bits per heavy atom. The van der Waals surface area contributed by atoms with Crippen molar-refractivity contribution < 1.29 is 23.7 Å². The Morgan fingerprint density at radius 2 is 2.16 bits per heavy atom. The Balaban J connectivity index is 1.73. The van der Waals surface area contributed by atoms with Gasteiger partial charge < -0.3 is 18.9 Å². The van der Waals surface area contributed by atoms with Crippen LogP contribution in [0.3, 0.4) is 0 Å². The Hall–Kier alpha value is -2.27. The van der Waals surface area contributed by atoms with E-state index < -0.39 is 6.10 Å². The number of hydrogen-bond acceptors (Lipinski definition) is 5. The molecule has 5 heteroatoms. The van der Waals surface area contributed by atoms with E-state index in [0.29, 0.717) is 6.42 Å². The van der Waals surface area contributed by atoms with Gasteiger partial charge in [-0.3, -0.25) is 4.79 Å². The second-order valence-electron chi connectivity index (χ2n) is 6.93. The molecular formula is C20H22O5. The van der Waals surface area contributed by atoms with Crippen molar-refractivity contribution in [1.82, 2.24) is 0 Å². The van der Waals surface area contributed by atoms with Crippen LogP contribution in [-0.2, 0) is 14.3 Å². The molecular weight excluding hydrogens is 320 g/mol. The first-order chi connectivity index (χ1) is 12.1. The van der Waals surface area contributed by atoms with Crippen LogP contribution in [0.4, 0.5) is 0 Å². The molecule has 0 saturated carbocycles. The van der Waals surface area contributed by atoms with E-state index in [1.54, 1.807) is 13.2 Å². The lowest BCUT2D eigenvalue weighted by atomic mass is 9.65. The van der Waals surface area contributed by atoms with Crippen molar-refractivity contribution in [3.63, 3.8) is 0 Å². The summed E-state index contributed by atoms with van der Waals surface area (Å²) in [6, 6.07) is 5.88. The molecule has 2 heterocycles. The van der Waals surface area contributed by atoms with Crippen molar-refractivity contribution in [2.24, 2.45) is 11.3 Å². The smallest absolute Gasteiger partial charge is 0.231 e. The topological polar surface area (TPSA) is 54.0 Å². The molecule has 0 radical (unpaired) electrons. The summed E-state index contributed by atoms with van der Waals surface area (Å²) in [6.45, 7) is 6.33. The minimum atomic E-state index is -0.426. The zero-order valence-electron chi connectivity index (χ0n) is 14.5. The largest absolute Gasteiger partial charge is 0.489 e. The molecule has 4 atom stereocenters. The Morgan fingerprint density at radius 3 is 2.92 bits per heavy atom. The van der Waals surface area contributed by atoms with Crippen LogP contribution < -0.4 is 9.47 Å². The molecule has 1 aromatic rings. The molecule has 1 aromatic carbocycles. The molecule has 1 aliphatic carbocycles. The van der Waals surface area contributed by atoms with Crippen molar-refractivity contribution >= 4 is 5.78 Å². The highest BCUT2D eigenvalue weighted by Gasteiger charge is 2.55. The van der Waals surface area contributed by atoms with E-state index in [0.717, 1.165) is 29.2 Å². The third kappa shape index (κ3) is 2.37. The van der Waals surface area contributed by atoms with Gasteiger partial charge in [-0.05, 0) is 30.5 Å². The van der Waals surface area contributed by atoms with Crippen molar-refractivity contribution in [3.8, 4) is 11.5 Å². The lowest BCUT2D eigenvalue weighted by Gasteiger charge is -2.37. The predicted molar refractivity (Wildman–Crippen MR) is 91.3 cm³/mol. The number of ether oxygens (including phenoxy) is 4. The van der Waals surface area contributed by atoms with Crippen molar-refractivity contribution in [3.05, 3.63) is 48.3 Å². The van der Waals surface area contributed by atoms with Crippen LogP contribution in [0.5, 0.6) is 11.5 Å². The Bertz CT molecular complexity index is 752. The van der Waals surface area contributed by atoms with Crippen molar-refractivity contribution in [2.45, 2.75) is 32.0 Å². The summed E-state index contributed by atoms with van der Waals surface area (Å²) < 4.78 is 22.6. The first kappa shape index (κ1) is 16.2. The van der Waals surface area contributed by atoms with Gasteiger partial charge in [0.15, 0.2) is 17.3 Å². The fraction of sp³-hybridized carbons (Fsp3) is 0.450. The molecule has 0 bridgehead atoms. The second-order valence-corrected chi connectivity index (χ2v) is 6.93. The number of methoxy groups -OCH3 is 1. The number of carbonyl (C=O) groups excluding carboxylic acids is 1. The van der Waals surface area contributed by atoms with E-state index >= 15 is 0 Å². The predicted octanol–water partition coefficient (Wildman–Crippen LogP) is 3.56. The van der Waals surface area contributed by atoms with Gasteiger partial charge in [-0.2, -0.15) is 0 Å². The summed E-state index contributed by atoms with van der Waals surface area (Å²) in [5.41, 5.74) is 0.758. The van der Waals surface area contributed by atoms with E-state index in [1.165, 1.54) is 0 Å². The summed E-state index contributed by atoms with van der Waals surface area (Å²) in [5.74, 6) is 2.38. The number of allylic oxidation sites excluding steroid dienone is 2. The van der Waals surface area contributed by atoms with Gasteiger partial charge >= 0.3 is 0 Å². The van der Waals surface area contributed by atoms with E-state index in [9.17, 15) is 4.79 Å². The molecule has 0 spiro atoms. The van der Waals surface area contributed by atoms with Gasteiger partial charge in [0.2, 0.25) is 6.79 Å². The maximum atomic E-state index is 12.3. The number of benzene rings is 1. The Labute approximate surface area is 147 Å². The molecule has 0 amide bonds. The first-order valence-corrected chi connectivity index (χ1v) is 8.55. The standard InChI is InChI=1S/C20H22O5/c1-4-7-20-10-17(22-3)14(21)9-18(20)25-19(12(20)2)13-5-6-15-16(8-13)24-11-23-15/h4-6,8-9,12,17,19H,1,7,10-11H2,2-3H3/t12-,17-,19+,20-/m0/s1. The van der Waals surface area contributed by atoms with Crippen LogP contribution in [0, 0.1) is 11.3 Å². The lowest BCUT2D eigenvalue weighted by molar-refractivity contribution is -0.127. The molecule has 3 aliphatic rings. The van der Waals surface area contributed by atoms with Crippen molar-refractivity contribution in [2.75, 3.05) is 13.9 Å². The fourth-order valence-corrected chi connectivity index (χ4v) is 4.26.